The van der Waals surface area contributed by atoms with Crippen molar-refractivity contribution in [3.63, 3.8) is 0 Å². The summed E-state index contributed by atoms with van der Waals surface area (Å²) in [6, 6.07) is 2.92. The van der Waals surface area contributed by atoms with E-state index in [-0.39, 0.29) is 27.4 Å². The molecule has 116 valence electrons. The van der Waals surface area contributed by atoms with Gasteiger partial charge in [-0.25, -0.2) is 8.42 Å². The second-order valence-electron chi connectivity index (χ2n) is 5.12. The summed E-state index contributed by atoms with van der Waals surface area (Å²) in [5.74, 6) is -1.39. The summed E-state index contributed by atoms with van der Waals surface area (Å²) in [5.41, 5.74) is 0. The van der Waals surface area contributed by atoms with Crippen molar-refractivity contribution < 1.29 is 18.3 Å². The minimum absolute atomic E-state index is 0.0830. The second-order valence-corrected chi connectivity index (χ2v) is 7.89. The van der Waals surface area contributed by atoms with E-state index < -0.39 is 22.0 Å². The average Bonchev–Trinajstić information content (AvgIpc) is 2.36. The van der Waals surface area contributed by atoms with Crippen molar-refractivity contribution >= 4 is 39.2 Å². The van der Waals surface area contributed by atoms with E-state index in [1.54, 1.807) is 6.92 Å². The van der Waals surface area contributed by atoms with Crippen molar-refractivity contribution in [1.82, 2.24) is 4.31 Å². The van der Waals surface area contributed by atoms with E-state index in [2.05, 4.69) is 0 Å². The van der Waals surface area contributed by atoms with Crippen molar-refractivity contribution in [1.29, 1.82) is 0 Å². The molecule has 1 fully saturated rings. The van der Waals surface area contributed by atoms with Gasteiger partial charge in [-0.3, -0.25) is 4.79 Å². The highest BCUT2D eigenvalue weighted by Gasteiger charge is 2.41. The summed E-state index contributed by atoms with van der Waals surface area (Å²) in [6.45, 7) is 1.92. The smallest absolute Gasteiger partial charge is 0.322 e. The first-order chi connectivity index (χ1) is 9.73. The lowest BCUT2D eigenvalue weighted by molar-refractivity contribution is -0.144. The van der Waals surface area contributed by atoms with E-state index >= 15 is 0 Å². The molecule has 1 aliphatic heterocycles. The van der Waals surface area contributed by atoms with Gasteiger partial charge < -0.3 is 5.11 Å². The number of hydrogen-bond donors (Lipinski definition) is 1. The molecule has 1 aromatic rings. The Morgan fingerprint density at radius 3 is 2.38 bits per heavy atom. The van der Waals surface area contributed by atoms with Gasteiger partial charge in [0.15, 0.2) is 0 Å². The first-order valence-electron chi connectivity index (χ1n) is 6.44. The van der Waals surface area contributed by atoms with Crippen LogP contribution in [0.2, 0.25) is 10.0 Å². The summed E-state index contributed by atoms with van der Waals surface area (Å²) in [5, 5.41) is 9.73. The van der Waals surface area contributed by atoms with Gasteiger partial charge >= 0.3 is 5.97 Å². The van der Waals surface area contributed by atoms with Gasteiger partial charge in [0.2, 0.25) is 10.0 Å². The minimum Gasteiger partial charge on any atom is -0.480 e. The Kier molecular flexibility index (Phi) is 4.82. The summed E-state index contributed by atoms with van der Waals surface area (Å²) >= 11 is 11.7. The summed E-state index contributed by atoms with van der Waals surface area (Å²) in [4.78, 5) is 11.3. The highest BCUT2D eigenvalue weighted by molar-refractivity contribution is 7.89. The molecule has 0 bridgehead atoms. The molecule has 21 heavy (non-hydrogen) atoms. The van der Waals surface area contributed by atoms with Gasteiger partial charge in [-0.1, -0.05) is 30.1 Å². The van der Waals surface area contributed by atoms with Gasteiger partial charge in [0, 0.05) is 16.6 Å². The number of rotatable bonds is 3. The zero-order chi connectivity index (χ0) is 15.8. The molecule has 8 heteroatoms. The summed E-state index contributed by atoms with van der Waals surface area (Å²) in [7, 11) is -3.95. The number of aliphatic carboxylic acids is 1. The van der Waals surface area contributed by atoms with Gasteiger partial charge in [-0.05, 0) is 37.0 Å². The van der Waals surface area contributed by atoms with Crippen LogP contribution in [0.4, 0.5) is 0 Å². The van der Waals surface area contributed by atoms with Crippen LogP contribution < -0.4 is 0 Å². The van der Waals surface area contributed by atoms with Crippen molar-refractivity contribution in [3.05, 3.63) is 28.2 Å². The topological polar surface area (TPSA) is 74.7 Å². The van der Waals surface area contributed by atoms with Crippen molar-refractivity contribution in [2.75, 3.05) is 6.54 Å². The molecule has 5 nitrogen and oxygen atoms in total. The molecule has 2 rings (SSSR count). The fraction of sp³-hybridized carbons (Fsp3) is 0.462. The number of carbonyl (C=O) groups is 1. The van der Waals surface area contributed by atoms with Crippen molar-refractivity contribution in [2.24, 2.45) is 5.92 Å². The van der Waals surface area contributed by atoms with Gasteiger partial charge in [0.05, 0.1) is 4.90 Å². The lowest BCUT2D eigenvalue weighted by Crippen LogP contribution is -2.51. The molecule has 1 heterocycles. The van der Waals surface area contributed by atoms with E-state index in [4.69, 9.17) is 23.2 Å². The molecule has 1 N–H and O–H groups in total. The lowest BCUT2D eigenvalue weighted by Gasteiger charge is -2.36. The van der Waals surface area contributed by atoms with Crippen LogP contribution in [0.5, 0.6) is 0 Å². The zero-order valence-electron chi connectivity index (χ0n) is 11.3. The van der Waals surface area contributed by atoms with Crippen LogP contribution in [0.1, 0.15) is 19.8 Å². The number of carboxylic acids is 1. The van der Waals surface area contributed by atoms with E-state index in [9.17, 15) is 18.3 Å². The maximum atomic E-state index is 12.7. The number of nitrogens with zero attached hydrogens (tertiary/aromatic N) is 1. The number of piperidine rings is 1. The number of benzene rings is 1. The molecule has 1 saturated heterocycles. The molecule has 0 radical (unpaired) electrons. The van der Waals surface area contributed by atoms with E-state index in [1.165, 1.54) is 18.2 Å². The maximum absolute atomic E-state index is 12.7. The van der Waals surface area contributed by atoms with Gasteiger partial charge in [0.25, 0.3) is 0 Å². The molecule has 0 amide bonds. The quantitative estimate of drug-likeness (QED) is 0.908. The van der Waals surface area contributed by atoms with Crippen LogP contribution in [0.15, 0.2) is 23.1 Å². The molecule has 2 unspecified atom stereocenters. The van der Waals surface area contributed by atoms with Crippen LogP contribution in [-0.2, 0) is 14.8 Å². The van der Waals surface area contributed by atoms with Crippen LogP contribution in [0.3, 0.4) is 0 Å². The SMILES string of the molecule is CC1CCCN(S(=O)(=O)c2cc(Cl)cc(Cl)c2)C1C(=O)O. The summed E-state index contributed by atoms with van der Waals surface area (Å²) < 4.78 is 26.4. The normalized spacial score (nSPS) is 24.0. The predicted octanol–water partition coefficient (Wildman–Crippen LogP) is 2.87. The fourth-order valence-electron chi connectivity index (χ4n) is 2.60. The highest BCUT2D eigenvalue weighted by Crippen LogP contribution is 2.31. The lowest BCUT2D eigenvalue weighted by atomic mass is 9.93. The first kappa shape index (κ1) is 16.5. The number of sulfonamides is 1. The third-order valence-corrected chi connectivity index (χ3v) is 5.88. The minimum atomic E-state index is -3.95. The maximum Gasteiger partial charge on any atom is 0.322 e. The molecule has 0 spiro atoms. The molecule has 2 atom stereocenters. The van der Waals surface area contributed by atoms with Gasteiger partial charge in [0.1, 0.15) is 6.04 Å². The summed E-state index contributed by atoms with van der Waals surface area (Å²) in [6.07, 6.45) is 1.30. The number of halogens is 2. The van der Waals surface area contributed by atoms with Gasteiger partial charge in [-0.2, -0.15) is 4.31 Å². The zero-order valence-corrected chi connectivity index (χ0v) is 13.6. The molecule has 0 saturated carbocycles. The Morgan fingerprint density at radius 1 is 1.29 bits per heavy atom. The van der Waals surface area contributed by atoms with E-state index in [0.29, 0.717) is 12.8 Å². The van der Waals surface area contributed by atoms with Gasteiger partial charge in [-0.15, -0.1) is 0 Å². The average molecular weight is 352 g/mol. The standard InChI is InChI=1S/C13H15Cl2NO4S/c1-8-3-2-4-16(12(8)13(17)18)21(19,20)11-6-9(14)5-10(15)7-11/h5-8,12H,2-4H2,1H3,(H,17,18). The van der Waals surface area contributed by atoms with Crippen LogP contribution >= 0.6 is 23.2 Å². The molecule has 0 aromatic heterocycles. The highest BCUT2D eigenvalue weighted by atomic mass is 35.5. The first-order valence-corrected chi connectivity index (χ1v) is 8.64. The van der Waals surface area contributed by atoms with E-state index in [1.807, 2.05) is 0 Å². The van der Waals surface area contributed by atoms with Crippen LogP contribution in [-0.4, -0.2) is 36.4 Å². The van der Waals surface area contributed by atoms with Crippen molar-refractivity contribution in [3.8, 4) is 0 Å². The molecule has 1 aromatic carbocycles. The third-order valence-electron chi connectivity index (χ3n) is 3.58. The van der Waals surface area contributed by atoms with Crippen molar-refractivity contribution in [2.45, 2.75) is 30.7 Å². The Balaban J connectivity index is 2.48. The molecule has 0 aliphatic carbocycles. The fourth-order valence-corrected chi connectivity index (χ4v) is 5.04. The predicted molar refractivity (Wildman–Crippen MR) is 80.2 cm³/mol. The number of hydrogen-bond acceptors (Lipinski definition) is 3. The molecule has 1 aliphatic rings. The Labute approximate surface area is 133 Å². The molecular formula is C13H15Cl2NO4S. The number of carboxylic acid groups (broad SMARTS) is 1. The third kappa shape index (κ3) is 3.34. The van der Waals surface area contributed by atoms with Crippen LogP contribution in [0.25, 0.3) is 0 Å². The Hall–Kier alpha value is -0.820. The Bertz CT molecular complexity index is 642. The van der Waals surface area contributed by atoms with Crippen LogP contribution in [0, 0.1) is 5.92 Å². The second kappa shape index (κ2) is 6.12. The molecular weight excluding hydrogens is 337 g/mol. The monoisotopic (exact) mass is 351 g/mol. The largest absolute Gasteiger partial charge is 0.480 e. The van der Waals surface area contributed by atoms with E-state index in [0.717, 1.165) is 4.31 Å². The Morgan fingerprint density at radius 2 is 1.86 bits per heavy atom.